The topological polar surface area (TPSA) is 37.4 Å². The number of carbonyl (C=O) groups is 2. The molecular weight excluding hydrogens is 262 g/mol. The van der Waals surface area contributed by atoms with E-state index in [0.29, 0.717) is 17.5 Å². The molecule has 2 aromatic rings. The number of benzene rings is 2. The largest absolute Gasteiger partial charge is 0.269 e. The number of hydrogen-bond donors (Lipinski definition) is 0. The fraction of sp³-hybridized carbons (Fsp3) is 0.111. The minimum atomic E-state index is -0.570. The molecular formula is C18H13NO2. The lowest BCUT2D eigenvalue weighted by molar-refractivity contribution is 0.0620. The third kappa shape index (κ3) is 2.21. The normalized spacial score (nSPS) is 14.7. The van der Waals surface area contributed by atoms with E-state index in [1.165, 1.54) is 4.90 Å². The highest BCUT2D eigenvalue weighted by molar-refractivity contribution is 6.21. The zero-order valence-electron chi connectivity index (χ0n) is 11.3. The van der Waals surface area contributed by atoms with Crippen molar-refractivity contribution < 1.29 is 9.59 Å². The van der Waals surface area contributed by atoms with Crippen LogP contribution in [-0.2, 0) is 6.42 Å². The fourth-order valence-corrected chi connectivity index (χ4v) is 2.55. The number of hydrogen-bond acceptors (Lipinski definition) is 2. The van der Waals surface area contributed by atoms with Crippen molar-refractivity contribution in [2.45, 2.75) is 12.5 Å². The zero-order valence-corrected chi connectivity index (χ0v) is 11.3. The van der Waals surface area contributed by atoms with Crippen molar-refractivity contribution in [2.75, 3.05) is 0 Å². The molecule has 0 fully saturated rings. The molecule has 3 rings (SSSR count). The Balaban J connectivity index is 1.92. The van der Waals surface area contributed by atoms with Crippen LogP contribution in [0.25, 0.3) is 0 Å². The molecule has 1 aliphatic heterocycles. The van der Waals surface area contributed by atoms with Gasteiger partial charge in [0, 0.05) is 6.42 Å². The highest BCUT2D eigenvalue weighted by atomic mass is 16.2. The van der Waals surface area contributed by atoms with Gasteiger partial charge in [0.25, 0.3) is 11.8 Å². The summed E-state index contributed by atoms with van der Waals surface area (Å²) in [4.78, 5) is 26.0. The van der Waals surface area contributed by atoms with E-state index in [4.69, 9.17) is 6.42 Å². The molecule has 0 aliphatic carbocycles. The summed E-state index contributed by atoms with van der Waals surface area (Å²) in [5.74, 6) is 1.95. The lowest BCUT2D eigenvalue weighted by atomic mass is 10.1. The molecule has 2 amide bonds. The molecule has 0 saturated heterocycles. The maximum absolute atomic E-state index is 12.4. The van der Waals surface area contributed by atoms with Crippen molar-refractivity contribution in [3.63, 3.8) is 0 Å². The van der Waals surface area contributed by atoms with E-state index in [9.17, 15) is 9.59 Å². The summed E-state index contributed by atoms with van der Waals surface area (Å²) in [6.07, 6.45) is 6.02. The first kappa shape index (κ1) is 13.1. The van der Waals surface area contributed by atoms with Crippen molar-refractivity contribution in [1.29, 1.82) is 0 Å². The van der Waals surface area contributed by atoms with Gasteiger partial charge in [-0.2, -0.15) is 0 Å². The van der Waals surface area contributed by atoms with Gasteiger partial charge in [-0.05, 0) is 17.7 Å². The second-order valence-corrected chi connectivity index (χ2v) is 4.90. The Morgan fingerprint density at radius 2 is 1.43 bits per heavy atom. The Morgan fingerprint density at radius 1 is 0.905 bits per heavy atom. The predicted octanol–water partition coefficient (Wildman–Crippen LogP) is 2.53. The van der Waals surface area contributed by atoms with E-state index in [1.807, 2.05) is 30.3 Å². The number of carbonyl (C=O) groups excluding carboxylic acids is 2. The molecule has 0 radical (unpaired) electrons. The molecule has 102 valence electrons. The summed E-state index contributed by atoms with van der Waals surface area (Å²) in [5, 5.41) is 0. The number of rotatable bonds is 3. The quantitative estimate of drug-likeness (QED) is 0.637. The molecule has 3 heteroatoms. The Hall–Kier alpha value is -2.86. The molecule has 1 atom stereocenters. The van der Waals surface area contributed by atoms with Crippen molar-refractivity contribution in [1.82, 2.24) is 4.90 Å². The molecule has 1 heterocycles. The Bertz CT molecular complexity index is 708. The first-order valence-electron chi connectivity index (χ1n) is 6.69. The molecule has 0 N–H and O–H groups in total. The molecule has 2 aromatic carbocycles. The van der Waals surface area contributed by atoms with Crippen LogP contribution in [0.2, 0.25) is 0 Å². The van der Waals surface area contributed by atoms with Crippen molar-refractivity contribution in [3.8, 4) is 12.3 Å². The second kappa shape index (κ2) is 5.26. The van der Waals surface area contributed by atoms with Crippen LogP contribution >= 0.6 is 0 Å². The molecule has 0 unspecified atom stereocenters. The van der Waals surface area contributed by atoms with Gasteiger partial charge in [-0.1, -0.05) is 48.4 Å². The summed E-state index contributed by atoms with van der Waals surface area (Å²) >= 11 is 0. The number of amides is 2. The fourth-order valence-electron chi connectivity index (χ4n) is 2.55. The van der Waals surface area contributed by atoms with E-state index < -0.39 is 6.04 Å². The average molecular weight is 275 g/mol. The lowest BCUT2D eigenvalue weighted by Gasteiger charge is -2.21. The van der Waals surface area contributed by atoms with Gasteiger partial charge >= 0.3 is 0 Å². The Labute approximate surface area is 123 Å². The first-order valence-corrected chi connectivity index (χ1v) is 6.69. The van der Waals surface area contributed by atoms with Crippen LogP contribution in [-0.4, -0.2) is 22.8 Å². The van der Waals surface area contributed by atoms with Crippen LogP contribution in [0.15, 0.2) is 54.6 Å². The zero-order chi connectivity index (χ0) is 14.8. The average Bonchev–Trinajstić information content (AvgIpc) is 2.78. The molecule has 0 saturated carbocycles. The molecule has 21 heavy (non-hydrogen) atoms. The van der Waals surface area contributed by atoms with Crippen molar-refractivity contribution in [2.24, 2.45) is 0 Å². The second-order valence-electron chi connectivity index (χ2n) is 4.90. The predicted molar refractivity (Wildman–Crippen MR) is 79.7 cm³/mol. The number of nitrogens with zero attached hydrogens (tertiary/aromatic N) is 1. The van der Waals surface area contributed by atoms with E-state index in [0.717, 1.165) is 5.56 Å². The summed E-state index contributed by atoms with van der Waals surface area (Å²) < 4.78 is 0. The molecule has 3 nitrogen and oxygen atoms in total. The van der Waals surface area contributed by atoms with Crippen molar-refractivity contribution >= 4 is 11.8 Å². The van der Waals surface area contributed by atoms with E-state index in [2.05, 4.69) is 5.92 Å². The number of imide groups is 1. The van der Waals surface area contributed by atoms with E-state index >= 15 is 0 Å². The van der Waals surface area contributed by atoms with Crippen molar-refractivity contribution in [3.05, 3.63) is 71.3 Å². The smallest absolute Gasteiger partial charge is 0.262 e. The lowest BCUT2D eigenvalue weighted by Crippen LogP contribution is -2.40. The minimum Gasteiger partial charge on any atom is -0.269 e. The van der Waals surface area contributed by atoms with Gasteiger partial charge < -0.3 is 0 Å². The van der Waals surface area contributed by atoms with Crippen LogP contribution in [0.5, 0.6) is 0 Å². The summed E-state index contributed by atoms with van der Waals surface area (Å²) in [6.45, 7) is 0. The van der Waals surface area contributed by atoms with Gasteiger partial charge in [0.15, 0.2) is 0 Å². The third-order valence-electron chi connectivity index (χ3n) is 3.60. The van der Waals surface area contributed by atoms with Gasteiger partial charge in [-0.25, -0.2) is 0 Å². The summed E-state index contributed by atoms with van der Waals surface area (Å²) in [6, 6.07) is 15.8. The monoisotopic (exact) mass is 275 g/mol. The van der Waals surface area contributed by atoms with Gasteiger partial charge in [-0.15, -0.1) is 6.42 Å². The molecule has 0 spiro atoms. The third-order valence-corrected chi connectivity index (χ3v) is 3.60. The molecule has 0 bridgehead atoms. The van der Waals surface area contributed by atoms with Crippen LogP contribution in [0, 0.1) is 12.3 Å². The van der Waals surface area contributed by atoms with Crippen LogP contribution < -0.4 is 0 Å². The summed E-state index contributed by atoms with van der Waals surface area (Å²) in [5.41, 5.74) is 1.85. The number of fused-ring (bicyclic) bond motifs is 1. The van der Waals surface area contributed by atoms with Gasteiger partial charge in [0.05, 0.1) is 11.1 Å². The highest BCUT2D eigenvalue weighted by Gasteiger charge is 2.39. The maximum Gasteiger partial charge on any atom is 0.262 e. The Kier molecular flexibility index (Phi) is 3.29. The van der Waals surface area contributed by atoms with Gasteiger partial charge in [-0.3, -0.25) is 14.5 Å². The van der Waals surface area contributed by atoms with Crippen LogP contribution in [0.1, 0.15) is 26.3 Å². The molecule has 1 aliphatic rings. The van der Waals surface area contributed by atoms with Gasteiger partial charge in [0.2, 0.25) is 0 Å². The molecule has 0 aromatic heterocycles. The SMILES string of the molecule is C#C[C@H](Cc1ccccc1)N1C(=O)c2ccccc2C1=O. The summed E-state index contributed by atoms with van der Waals surface area (Å²) in [7, 11) is 0. The Morgan fingerprint density at radius 3 is 1.95 bits per heavy atom. The highest BCUT2D eigenvalue weighted by Crippen LogP contribution is 2.25. The number of terminal acetylenes is 1. The van der Waals surface area contributed by atoms with Gasteiger partial charge in [0.1, 0.15) is 6.04 Å². The minimum absolute atomic E-state index is 0.311. The van der Waals surface area contributed by atoms with Crippen LogP contribution in [0.4, 0.5) is 0 Å². The first-order chi connectivity index (χ1) is 10.2. The van der Waals surface area contributed by atoms with E-state index in [-0.39, 0.29) is 11.8 Å². The van der Waals surface area contributed by atoms with E-state index in [1.54, 1.807) is 24.3 Å². The standard InChI is InChI=1S/C18H13NO2/c1-2-14(12-13-8-4-3-5-9-13)19-17(20)15-10-6-7-11-16(15)18(19)21/h1,3-11,14H,12H2/t14-/m1/s1. The van der Waals surface area contributed by atoms with Crippen LogP contribution in [0.3, 0.4) is 0 Å². The maximum atomic E-state index is 12.4.